The third-order valence-corrected chi connectivity index (χ3v) is 3.14. The topological polar surface area (TPSA) is 110 Å². The van der Waals surface area contributed by atoms with Crippen LogP contribution in [-0.2, 0) is 13.2 Å². The molecule has 0 atom stereocenters. The van der Waals surface area contributed by atoms with Crippen LogP contribution in [0.4, 0.5) is 13.2 Å². The normalized spacial score (nSPS) is 12.3. The quantitative estimate of drug-likeness (QED) is 0.639. The summed E-state index contributed by atoms with van der Waals surface area (Å²) >= 11 is 0. The number of carbonyl (C=O) groups is 1. The first-order valence-electron chi connectivity index (χ1n) is 6.80. The molecule has 2 N–H and O–H groups in total. The number of hydrogen-bond acceptors (Lipinski definition) is 6. The highest BCUT2D eigenvalue weighted by Crippen LogP contribution is 2.29. The number of nitrogens with one attached hydrogen (secondary N) is 1. The van der Waals surface area contributed by atoms with E-state index in [2.05, 4.69) is 10.2 Å². The van der Waals surface area contributed by atoms with Crippen LogP contribution in [0.5, 0.6) is 5.75 Å². The van der Waals surface area contributed by atoms with Crippen LogP contribution in [0.25, 0.3) is 0 Å². The van der Waals surface area contributed by atoms with E-state index >= 15 is 0 Å². The van der Waals surface area contributed by atoms with Gasteiger partial charge in [0.05, 0.1) is 5.71 Å². The Morgan fingerprint density at radius 1 is 1.40 bits per heavy atom. The summed E-state index contributed by atoms with van der Waals surface area (Å²) in [6.07, 6.45) is -4.66. The maximum absolute atomic E-state index is 12.7. The Bertz CT molecular complexity index is 912. The maximum atomic E-state index is 12.7. The first kappa shape index (κ1) is 18.2. The molecule has 0 saturated carbocycles. The lowest BCUT2D eigenvalue weighted by atomic mass is 10.2. The van der Waals surface area contributed by atoms with Gasteiger partial charge in [-0.25, -0.2) is 10.2 Å². The van der Waals surface area contributed by atoms with Crippen molar-refractivity contribution in [3.63, 3.8) is 0 Å². The molecule has 11 heteroatoms. The second kappa shape index (κ2) is 6.42. The SMILES string of the molecule is C/C(=N\NC(=O)c1cc(C(F)(F)F)n(C)n1)c1c(O)cc(C)oc1=O. The molecule has 0 aliphatic heterocycles. The summed E-state index contributed by atoms with van der Waals surface area (Å²) in [7, 11) is 1.05. The zero-order chi connectivity index (χ0) is 18.9. The van der Waals surface area contributed by atoms with Crippen molar-refractivity contribution < 1.29 is 27.5 Å². The molecule has 8 nitrogen and oxygen atoms in total. The van der Waals surface area contributed by atoms with E-state index in [1.165, 1.54) is 19.9 Å². The Labute approximate surface area is 138 Å². The Balaban J connectivity index is 2.25. The summed E-state index contributed by atoms with van der Waals surface area (Å²) in [6.45, 7) is 2.76. The molecule has 134 valence electrons. The van der Waals surface area contributed by atoms with Crippen LogP contribution in [0.1, 0.15) is 34.4 Å². The maximum Gasteiger partial charge on any atom is 0.433 e. The Morgan fingerprint density at radius 3 is 2.56 bits per heavy atom. The molecule has 0 saturated heterocycles. The fourth-order valence-corrected chi connectivity index (χ4v) is 2.02. The average molecular weight is 358 g/mol. The Kier molecular flexibility index (Phi) is 4.68. The van der Waals surface area contributed by atoms with Gasteiger partial charge < -0.3 is 9.52 Å². The molecule has 0 radical (unpaired) electrons. The molecule has 0 aliphatic rings. The molecule has 0 spiro atoms. The van der Waals surface area contributed by atoms with E-state index < -0.39 is 34.8 Å². The first-order valence-corrected chi connectivity index (χ1v) is 6.80. The molecule has 2 heterocycles. The van der Waals surface area contributed by atoms with Crippen molar-refractivity contribution >= 4 is 11.6 Å². The number of aromatic nitrogens is 2. The van der Waals surface area contributed by atoms with Crippen molar-refractivity contribution in [2.24, 2.45) is 12.1 Å². The predicted molar refractivity (Wildman–Crippen MR) is 79.3 cm³/mol. The van der Waals surface area contributed by atoms with Gasteiger partial charge in [-0.1, -0.05) is 0 Å². The van der Waals surface area contributed by atoms with Crippen LogP contribution in [0, 0.1) is 6.92 Å². The summed E-state index contributed by atoms with van der Waals surface area (Å²) in [5.41, 5.74) is -0.874. The lowest BCUT2D eigenvalue weighted by Crippen LogP contribution is -2.22. The number of hydrazone groups is 1. The van der Waals surface area contributed by atoms with Gasteiger partial charge in [0.25, 0.3) is 5.91 Å². The summed E-state index contributed by atoms with van der Waals surface area (Å²) < 4.78 is 43.4. The second-order valence-corrected chi connectivity index (χ2v) is 5.08. The minimum Gasteiger partial charge on any atom is -0.507 e. The highest BCUT2D eigenvalue weighted by molar-refractivity contribution is 6.01. The monoisotopic (exact) mass is 358 g/mol. The minimum absolute atomic E-state index is 0.0911. The van der Waals surface area contributed by atoms with Gasteiger partial charge in [0.1, 0.15) is 22.8 Å². The van der Waals surface area contributed by atoms with Gasteiger partial charge in [-0.3, -0.25) is 9.48 Å². The van der Waals surface area contributed by atoms with Gasteiger partial charge in [-0.05, 0) is 13.8 Å². The number of nitrogens with zero attached hydrogens (tertiary/aromatic N) is 3. The van der Waals surface area contributed by atoms with E-state index in [-0.39, 0.29) is 17.0 Å². The van der Waals surface area contributed by atoms with Gasteiger partial charge in [-0.15, -0.1) is 0 Å². The van der Waals surface area contributed by atoms with E-state index in [4.69, 9.17) is 4.42 Å². The number of hydrogen-bond donors (Lipinski definition) is 2. The average Bonchev–Trinajstić information content (AvgIpc) is 2.85. The van der Waals surface area contributed by atoms with Crippen LogP contribution < -0.4 is 11.1 Å². The van der Waals surface area contributed by atoms with Crippen molar-refractivity contribution in [2.75, 3.05) is 0 Å². The lowest BCUT2D eigenvalue weighted by molar-refractivity contribution is -0.143. The molecule has 0 aliphatic carbocycles. The number of halogens is 3. The van der Waals surface area contributed by atoms with E-state index in [9.17, 15) is 27.9 Å². The number of carbonyl (C=O) groups excluding carboxylic acids is 1. The first-order chi connectivity index (χ1) is 11.5. The highest BCUT2D eigenvalue weighted by atomic mass is 19.4. The molecule has 0 fully saturated rings. The summed E-state index contributed by atoms with van der Waals surface area (Å²) in [4.78, 5) is 23.6. The van der Waals surface area contributed by atoms with E-state index in [1.54, 1.807) is 0 Å². The van der Waals surface area contributed by atoms with E-state index in [0.29, 0.717) is 10.7 Å². The molecule has 2 aromatic rings. The fraction of sp³-hybridized carbons (Fsp3) is 0.286. The molecule has 0 aromatic carbocycles. The zero-order valence-electron chi connectivity index (χ0n) is 13.3. The molecule has 2 aromatic heterocycles. The largest absolute Gasteiger partial charge is 0.507 e. The van der Waals surface area contributed by atoms with Gasteiger partial charge in [0, 0.05) is 19.2 Å². The standard InChI is InChI=1S/C14H13F3N4O4/c1-6-4-9(22)11(13(24)25-6)7(2)18-19-12(23)8-5-10(14(15,16)17)21(3)20-8/h4-5,22H,1-3H3,(H,19,23)/b18-7+. The van der Waals surface area contributed by atoms with Gasteiger partial charge >= 0.3 is 11.8 Å². The molecule has 1 amide bonds. The smallest absolute Gasteiger partial charge is 0.433 e. The van der Waals surface area contributed by atoms with Crippen LogP contribution in [-0.4, -0.2) is 26.5 Å². The fourth-order valence-electron chi connectivity index (χ4n) is 2.02. The molecule has 25 heavy (non-hydrogen) atoms. The summed E-state index contributed by atoms with van der Waals surface area (Å²) in [6, 6.07) is 1.75. The predicted octanol–water partition coefficient (Wildman–Crippen LogP) is 1.56. The van der Waals surface area contributed by atoms with Crippen molar-refractivity contribution in [3.05, 3.63) is 45.3 Å². The minimum atomic E-state index is -4.66. The molecule has 0 unspecified atom stereocenters. The highest BCUT2D eigenvalue weighted by Gasteiger charge is 2.35. The van der Waals surface area contributed by atoms with Gasteiger partial charge in [0.15, 0.2) is 5.69 Å². The van der Waals surface area contributed by atoms with Crippen molar-refractivity contribution in [3.8, 4) is 5.75 Å². The zero-order valence-corrected chi connectivity index (χ0v) is 13.3. The third kappa shape index (κ3) is 3.87. The number of rotatable bonds is 3. The van der Waals surface area contributed by atoms with E-state index in [0.717, 1.165) is 7.05 Å². The summed E-state index contributed by atoms with van der Waals surface area (Å²) in [5, 5.41) is 16.8. The Morgan fingerprint density at radius 2 is 2.04 bits per heavy atom. The summed E-state index contributed by atoms with van der Waals surface area (Å²) in [5.74, 6) is -1.24. The van der Waals surface area contributed by atoms with E-state index in [1.807, 2.05) is 5.43 Å². The van der Waals surface area contributed by atoms with Crippen LogP contribution in [0.2, 0.25) is 0 Å². The number of aryl methyl sites for hydroxylation is 2. The van der Waals surface area contributed by atoms with Crippen molar-refractivity contribution in [2.45, 2.75) is 20.0 Å². The van der Waals surface area contributed by atoms with Gasteiger partial charge in [-0.2, -0.15) is 23.4 Å². The molecule has 2 rings (SSSR count). The lowest BCUT2D eigenvalue weighted by Gasteiger charge is -2.04. The van der Waals surface area contributed by atoms with Gasteiger partial charge in [0.2, 0.25) is 0 Å². The number of aromatic hydroxyl groups is 1. The Hall–Kier alpha value is -3.11. The second-order valence-electron chi connectivity index (χ2n) is 5.08. The van der Waals surface area contributed by atoms with Crippen molar-refractivity contribution in [1.29, 1.82) is 0 Å². The number of amides is 1. The molecule has 0 bridgehead atoms. The van der Waals surface area contributed by atoms with Crippen LogP contribution in [0.3, 0.4) is 0 Å². The van der Waals surface area contributed by atoms with Crippen LogP contribution >= 0.6 is 0 Å². The van der Waals surface area contributed by atoms with Crippen LogP contribution in [0.15, 0.2) is 26.4 Å². The van der Waals surface area contributed by atoms with Crippen molar-refractivity contribution in [1.82, 2.24) is 15.2 Å². The molecular weight excluding hydrogens is 345 g/mol. The number of alkyl halides is 3. The molecular formula is C14H13F3N4O4. The third-order valence-electron chi connectivity index (χ3n) is 3.14.